The molecule has 0 radical (unpaired) electrons. The van der Waals surface area contributed by atoms with Gasteiger partial charge in [-0.2, -0.15) is 9.97 Å². The molecule has 0 aromatic carbocycles. The molecule has 0 bridgehead atoms. The molecule has 1 fully saturated rings. The molecule has 2 rings (SSSR count). The van der Waals surface area contributed by atoms with Crippen LogP contribution in [0.4, 0.5) is 5.95 Å². The molecule has 0 amide bonds. The minimum atomic E-state index is 0.288. The van der Waals surface area contributed by atoms with Crippen LogP contribution in [0.5, 0.6) is 12.0 Å². The molecule has 0 atom stereocenters. The number of hydrogen-bond donors (Lipinski definition) is 0. The zero-order valence-corrected chi connectivity index (χ0v) is 12.2. The van der Waals surface area contributed by atoms with Gasteiger partial charge in [0.15, 0.2) is 0 Å². The third kappa shape index (κ3) is 2.82. The summed E-state index contributed by atoms with van der Waals surface area (Å²) in [7, 11) is 3.08. The summed E-state index contributed by atoms with van der Waals surface area (Å²) in [6.45, 7) is 0.862. The third-order valence-corrected chi connectivity index (χ3v) is 3.40. The topological polar surface area (TPSA) is 60.4 Å². The Balaban J connectivity index is 2.26. The standard InChI is InChI=1S/C11H17BrN4O2/c1-17-10-13-9(14-11(15-10)18-2)16(7-6-12)8-4-3-5-8/h8H,3-7H2,1-2H3. The van der Waals surface area contributed by atoms with Crippen molar-refractivity contribution in [3.8, 4) is 12.0 Å². The molecular formula is C11H17BrN4O2. The molecule has 0 saturated heterocycles. The maximum Gasteiger partial charge on any atom is 0.324 e. The van der Waals surface area contributed by atoms with E-state index >= 15 is 0 Å². The molecule has 18 heavy (non-hydrogen) atoms. The van der Waals surface area contributed by atoms with E-state index in [0.717, 1.165) is 11.9 Å². The van der Waals surface area contributed by atoms with Gasteiger partial charge in [-0.3, -0.25) is 0 Å². The fraction of sp³-hybridized carbons (Fsp3) is 0.727. The van der Waals surface area contributed by atoms with E-state index in [0.29, 0.717) is 12.0 Å². The monoisotopic (exact) mass is 316 g/mol. The van der Waals surface area contributed by atoms with Crippen molar-refractivity contribution in [3.05, 3.63) is 0 Å². The second kappa shape index (κ2) is 6.17. The Labute approximate surface area is 115 Å². The third-order valence-electron chi connectivity index (χ3n) is 3.05. The smallest absolute Gasteiger partial charge is 0.324 e. The first-order chi connectivity index (χ1) is 8.78. The maximum atomic E-state index is 5.08. The van der Waals surface area contributed by atoms with Gasteiger partial charge in [0, 0.05) is 17.9 Å². The summed E-state index contributed by atoms with van der Waals surface area (Å²) < 4.78 is 10.2. The zero-order valence-electron chi connectivity index (χ0n) is 10.6. The Morgan fingerprint density at radius 3 is 2.17 bits per heavy atom. The predicted molar refractivity (Wildman–Crippen MR) is 71.7 cm³/mol. The number of nitrogens with zero attached hydrogens (tertiary/aromatic N) is 4. The highest BCUT2D eigenvalue weighted by molar-refractivity contribution is 9.09. The van der Waals surface area contributed by atoms with Gasteiger partial charge in [0.05, 0.1) is 14.2 Å². The van der Waals surface area contributed by atoms with Crippen molar-refractivity contribution >= 4 is 21.9 Å². The van der Waals surface area contributed by atoms with Crippen LogP contribution < -0.4 is 14.4 Å². The summed E-state index contributed by atoms with van der Waals surface area (Å²) in [5.74, 6) is 0.628. The molecule has 1 aromatic heterocycles. The Morgan fingerprint density at radius 1 is 1.17 bits per heavy atom. The van der Waals surface area contributed by atoms with Crippen molar-refractivity contribution < 1.29 is 9.47 Å². The van der Waals surface area contributed by atoms with Crippen LogP contribution in [0.15, 0.2) is 0 Å². The Morgan fingerprint density at radius 2 is 1.78 bits per heavy atom. The number of anilines is 1. The van der Waals surface area contributed by atoms with Gasteiger partial charge >= 0.3 is 12.0 Å². The van der Waals surface area contributed by atoms with Crippen molar-refractivity contribution in [2.24, 2.45) is 0 Å². The lowest BCUT2D eigenvalue weighted by Crippen LogP contribution is -2.42. The Bertz CT molecular complexity index is 378. The van der Waals surface area contributed by atoms with Crippen LogP contribution in [0.25, 0.3) is 0 Å². The summed E-state index contributed by atoms with van der Waals surface area (Å²) in [4.78, 5) is 14.8. The lowest BCUT2D eigenvalue weighted by atomic mass is 9.92. The SMILES string of the molecule is COc1nc(OC)nc(N(CCBr)C2CCC2)n1. The van der Waals surface area contributed by atoms with Gasteiger partial charge in [-0.1, -0.05) is 15.9 Å². The van der Waals surface area contributed by atoms with E-state index in [1.807, 2.05) is 0 Å². The molecule has 0 N–H and O–H groups in total. The largest absolute Gasteiger partial charge is 0.467 e. The van der Waals surface area contributed by atoms with Crippen molar-refractivity contribution in [1.29, 1.82) is 0 Å². The van der Waals surface area contributed by atoms with Crippen LogP contribution in [0, 0.1) is 0 Å². The number of rotatable bonds is 6. The van der Waals surface area contributed by atoms with Gasteiger partial charge in [0.2, 0.25) is 5.95 Å². The van der Waals surface area contributed by atoms with Crippen LogP contribution in [0.2, 0.25) is 0 Å². The van der Waals surface area contributed by atoms with E-state index in [1.165, 1.54) is 33.5 Å². The molecular weight excluding hydrogens is 300 g/mol. The van der Waals surface area contributed by atoms with Gasteiger partial charge in [-0.25, -0.2) is 0 Å². The van der Waals surface area contributed by atoms with E-state index in [-0.39, 0.29) is 12.0 Å². The van der Waals surface area contributed by atoms with Crippen molar-refractivity contribution in [2.45, 2.75) is 25.3 Å². The van der Waals surface area contributed by atoms with Crippen LogP contribution in [0.3, 0.4) is 0 Å². The first-order valence-corrected chi connectivity index (χ1v) is 7.07. The predicted octanol–water partition coefficient (Wildman–Crippen LogP) is 1.64. The van der Waals surface area contributed by atoms with Crippen molar-refractivity contribution in [1.82, 2.24) is 15.0 Å². The van der Waals surface area contributed by atoms with Crippen LogP contribution >= 0.6 is 15.9 Å². The molecule has 7 heteroatoms. The lowest BCUT2D eigenvalue weighted by molar-refractivity contribution is 0.334. The minimum Gasteiger partial charge on any atom is -0.467 e. The summed E-state index contributed by atoms with van der Waals surface area (Å²) >= 11 is 3.46. The molecule has 1 aromatic rings. The Kier molecular flexibility index (Phi) is 4.57. The molecule has 0 spiro atoms. The van der Waals surface area contributed by atoms with E-state index in [1.54, 1.807) is 0 Å². The van der Waals surface area contributed by atoms with Gasteiger partial charge < -0.3 is 14.4 Å². The van der Waals surface area contributed by atoms with Crippen molar-refractivity contribution in [2.75, 3.05) is 31.0 Å². The molecule has 1 heterocycles. The fourth-order valence-corrected chi connectivity index (χ4v) is 2.26. The molecule has 1 aliphatic carbocycles. The number of hydrogen-bond acceptors (Lipinski definition) is 6. The molecule has 100 valence electrons. The minimum absolute atomic E-state index is 0.288. The molecule has 0 aliphatic heterocycles. The number of alkyl halides is 1. The Hall–Kier alpha value is -1.11. The second-order valence-corrected chi connectivity index (χ2v) is 4.87. The van der Waals surface area contributed by atoms with Gasteiger partial charge in [0.25, 0.3) is 0 Å². The van der Waals surface area contributed by atoms with E-state index in [2.05, 4.69) is 35.8 Å². The van der Waals surface area contributed by atoms with Crippen LogP contribution in [-0.2, 0) is 0 Å². The first kappa shape index (κ1) is 13.3. The van der Waals surface area contributed by atoms with E-state index in [4.69, 9.17) is 9.47 Å². The zero-order chi connectivity index (χ0) is 13.0. The summed E-state index contributed by atoms with van der Waals surface area (Å²) in [6.07, 6.45) is 3.63. The van der Waals surface area contributed by atoms with Gasteiger partial charge in [-0.15, -0.1) is 4.98 Å². The molecule has 0 unspecified atom stereocenters. The average molecular weight is 317 g/mol. The second-order valence-electron chi connectivity index (χ2n) is 4.08. The van der Waals surface area contributed by atoms with Crippen LogP contribution in [0.1, 0.15) is 19.3 Å². The van der Waals surface area contributed by atoms with Gasteiger partial charge in [0.1, 0.15) is 0 Å². The number of methoxy groups -OCH3 is 2. The average Bonchev–Trinajstić information content (AvgIpc) is 2.35. The molecule has 1 saturated carbocycles. The first-order valence-electron chi connectivity index (χ1n) is 5.95. The highest BCUT2D eigenvalue weighted by Gasteiger charge is 2.27. The normalized spacial score (nSPS) is 15.1. The summed E-state index contributed by atoms with van der Waals surface area (Å²) in [5.41, 5.74) is 0. The number of halogens is 1. The fourth-order valence-electron chi connectivity index (χ4n) is 1.87. The maximum absolute atomic E-state index is 5.08. The van der Waals surface area contributed by atoms with E-state index < -0.39 is 0 Å². The number of aromatic nitrogens is 3. The van der Waals surface area contributed by atoms with Crippen molar-refractivity contribution in [3.63, 3.8) is 0 Å². The molecule has 1 aliphatic rings. The lowest BCUT2D eigenvalue weighted by Gasteiger charge is -2.37. The highest BCUT2D eigenvalue weighted by Crippen LogP contribution is 2.28. The van der Waals surface area contributed by atoms with Crippen LogP contribution in [-0.4, -0.2) is 47.1 Å². The van der Waals surface area contributed by atoms with E-state index in [9.17, 15) is 0 Å². The number of ether oxygens (including phenoxy) is 2. The summed E-state index contributed by atoms with van der Waals surface area (Å²) in [6, 6.07) is 1.09. The summed E-state index contributed by atoms with van der Waals surface area (Å²) in [5, 5.41) is 0.875. The molecule has 6 nitrogen and oxygen atoms in total. The highest BCUT2D eigenvalue weighted by atomic mass is 79.9. The van der Waals surface area contributed by atoms with Gasteiger partial charge in [-0.05, 0) is 19.3 Å². The quantitative estimate of drug-likeness (QED) is 0.744.